The molecule has 0 aromatic heterocycles. The quantitative estimate of drug-likeness (QED) is 0.0567. The third-order valence-electron chi connectivity index (χ3n) is 10.9. The number of unbranched alkanes of at least 4 members (excludes halogenated alkanes) is 8. The molecular formula is C40H86N4O. The molecule has 272 valence electrons. The van der Waals surface area contributed by atoms with Crippen LogP contribution in [0.5, 0.6) is 0 Å². The summed E-state index contributed by atoms with van der Waals surface area (Å²) in [4.78, 5) is 5.29. The fraction of sp³-hybridized carbons (Fsp3) is 1.00. The van der Waals surface area contributed by atoms with E-state index in [2.05, 4.69) is 79.0 Å². The lowest BCUT2D eigenvalue weighted by atomic mass is 9.71. The van der Waals surface area contributed by atoms with E-state index < -0.39 is 22.5 Å². The Kier molecular flexibility index (Phi) is 24.8. The fourth-order valence-electron chi connectivity index (χ4n) is 8.28. The lowest BCUT2D eigenvalue weighted by Crippen LogP contribution is -2.77. The van der Waals surface area contributed by atoms with Crippen LogP contribution in [0.2, 0.25) is 0 Å². The largest absolute Gasteiger partial charge is 0.362 e. The van der Waals surface area contributed by atoms with Gasteiger partial charge in [-0.25, -0.2) is 0 Å². The zero-order chi connectivity index (χ0) is 34.2. The monoisotopic (exact) mass is 639 g/mol. The van der Waals surface area contributed by atoms with Gasteiger partial charge in [0.25, 0.3) is 0 Å². The molecule has 0 fully saturated rings. The highest BCUT2D eigenvalue weighted by Crippen LogP contribution is 2.49. The van der Waals surface area contributed by atoms with Gasteiger partial charge in [-0.1, -0.05) is 146 Å². The molecule has 5 nitrogen and oxygen atoms in total. The minimum Gasteiger partial charge on any atom is -0.362 e. The molecule has 0 spiro atoms. The highest BCUT2D eigenvalue weighted by atomic mass is 16.5. The predicted molar refractivity (Wildman–Crippen MR) is 202 cm³/mol. The molecule has 0 aliphatic carbocycles. The fourth-order valence-corrected chi connectivity index (χ4v) is 8.28. The molecule has 0 aliphatic heterocycles. The Morgan fingerprint density at radius 2 is 0.622 bits per heavy atom. The zero-order valence-corrected chi connectivity index (χ0v) is 32.8. The van der Waals surface area contributed by atoms with Crippen molar-refractivity contribution in [2.75, 3.05) is 26.2 Å². The van der Waals surface area contributed by atoms with Crippen molar-refractivity contribution in [2.45, 2.75) is 233 Å². The topological polar surface area (TPSA) is 67.8 Å². The van der Waals surface area contributed by atoms with Crippen molar-refractivity contribution >= 4 is 0 Å². The lowest BCUT2D eigenvalue weighted by Gasteiger charge is -2.62. The first-order valence-electron chi connectivity index (χ1n) is 20.4. The van der Waals surface area contributed by atoms with E-state index in [0.717, 1.165) is 116 Å². The molecule has 5 heteroatoms. The van der Waals surface area contributed by atoms with Crippen LogP contribution in [0.4, 0.5) is 0 Å². The van der Waals surface area contributed by atoms with Gasteiger partial charge in [-0.2, -0.15) is 0 Å². The first kappa shape index (κ1) is 44.8. The summed E-state index contributed by atoms with van der Waals surface area (Å²) in [7, 11) is 0. The number of rotatable bonds is 32. The highest BCUT2D eigenvalue weighted by molar-refractivity contribution is 5.11. The van der Waals surface area contributed by atoms with Gasteiger partial charge in [-0.3, -0.25) is 9.80 Å². The average molecular weight is 639 g/mol. The minimum absolute atomic E-state index is 0.460. The molecule has 0 aromatic carbocycles. The molecule has 0 saturated heterocycles. The SMILES string of the molecule is CCCCCC(CCCCC)(OC(CCCCC)(CCCCC)C(N)(CC)N(CCC)CCC)C(N)(CC)N(CCC)CCC. The molecule has 0 saturated carbocycles. The van der Waals surface area contributed by atoms with E-state index in [1.807, 2.05) is 0 Å². The Balaban J connectivity index is 7.89. The Morgan fingerprint density at radius 1 is 0.378 bits per heavy atom. The van der Waals surface area contributed by atoms with E-state index in [4.69, 9.17) is 16.2 Å². The van der Waals surface area contributed by atoms with Gasteiger partial charge in [-0.15, -0.1) is 0 Å². The van der Waals surface area contributed by atoms with E-state index in [0.29, 0.717) is 0 Å². The molecule has 45 heavy (non-hydrogen) atoms. The first-order chi connectivity index (χ1) is 21.6. The highest BCUT2D eigenvalue weighted by Gasteiger charge is 2.60. The van der Waals surface area contributed by atoms with Gasteiger partial charge >= 0.3 is 0 Å². The second-order valence-corrected chi connectivity index (χ2v) is 14.4. The normalized spacial score (nSPS) is 15.6. The van der Waals surface area contributed by atoms with Crippen LogP contribution >= 0.6 is 0 Å². The van der Waals surface area contributed by atoms with Crippen LogP contribution in [-0.4, -0.2) is 58.5 Å². The van der Waals surface area contributed by atoms with Gasteiger partial charge < -0.3 is 16.2 Å². The van der Waals surface area contributed by atoms with Crippen molar-refractivity contribution in [2.24, 2.45) is 11.5 Å². The van der Waals surface area contributed by atoms with Crippen molar-refractivity contribution in [1.82, 2.24) is 9.80 Å². The Hall–Kier alpha value is -0.200. The summed E-state index contributed by atoms with van der Waals surface area (Å²) in [5.41, 5.74) is 14.0. The lowest BCUT2D eigenvalue weighted by molar-refractivity contribution is -0.274. The molecule has 0 rings (SSSR count). The van der Waals surface area contributed by atoms with Gasteiger partial charge in [0.05, 0.1) is 11.3 Å². The molecule has 0 heterocycles. The smallest absolute Gasteiger partial charge is 0.100 e. The van der Waals surface area contributed by atoms with E-state index in [-0.39, 0.29) is 0 Å². The van der Waals surface area contributed by atoms with Crippen LogP contribution in [0, 0.1) is 0 Å². The van der Waals surface area contributed by atoms with Crippen molar-refractivity contribution in [3.8, 4) is 0 Å². The summed E-state index contributed by atoms with van der Waals surface area (Å²) in [5, 5.41) is 0. The number of nitrogens with zero attached hydrogens (tertiary/aromatic N) is 2. The number of hydrogen-bond donors (Lipinski definition) is 2. The molecule has 0 aliphatic rings. The van der Waals surface area contributed by atoms with E-state index in [1.165, 1.54) is 51.4 Å². The molecule has 2 unspecified atom stereocenters. The molecule has 4 N–H and O–H groups in total. The summed E-state index contributed by atoms with van der Waals surface area (Å²) in [6, 6.07) is 0. The van der Waals surface area contributed by atoms with Gasteiger partial charge in [0.2, 0.25) is 0 Å². The number of ether oxygens (including phenoxy) is 1. The standard InChI is InChI=1S/C40H86N4O/c1-11-21-25-29-37(30-26-22-12-2,39(41,19-9)43(33-15-5)34-16-6)45-38(31-27-23-13-3,32-28-24-14-4)40(42,20-10)44(35-17-7)36-18-8/h11-36,41-42H2,1-10H3. The maximum atomic E-state index is 8.34. The summed E-state index contributed by atoms with van der Waals surface area (Å²) < 4.78 is 8.34. The summed E-state index contributed by atoms with van der Waals surface area (Å²) in [6.07, 6.45) is 24.6. The van der Waals surface area contributed by atoms with E-state index in [9.17, 15) is 0 Å². The van der Waals surface area contributed by atoms with Crippen LogP contribution in [0.1, 0.15) is 210 Å². The second kappa shape index (κ2) is 24.9. The van der Waals surface area contributed by atoms with Gasteiger partial charge in [0, 0.05) is 0 Å². The molecule has 0 bridgehead atoms. The van der Waals surface area contributed by atoms with Crippen molar-refractivity contribution in [3.63, 3.8) is 0 Å². The van der Waals surface area contributed by atoms with Crippen molar-refractivity contribution in [1.29, 1.82) is 0 Å². The molecule has 0 aromatic rings. The number of nitrogens with two attached hydrogens (primary N) is 2. The first-order valence-corrected chi connectivity index (χ1v) is 20.4. The van der Waals surface area contributed by atoms with Crippen LogP contribution in [0.3, 0.4) is 0 Å². The van der Waals surface area contributed by atoms with Crippen LogP contribution < -0.4 is 11.5 Å². The maximum absolute atomic E-state index is 8.34. The maximum Gasteiger partial charge on any atom is 0.100 e. The third-order valence-corrected chi connectivity index (χ3v) is 10.9. The Labute approximate surface area is 284 Å². The van der Waals surface area contributed by atoms with Crippen molar-refractivity contribution in [3.05, 3.63) is 0 Å². The summed E-state index contributed by atoms with van der Waals surface area (Å²) in [6.45, 7) is 27.3. The second-order valence-electron chi connectivity index (χ2n) is 14.4. The predicted octanol–water partition coefficient (Wildman–Crippen LogP) is 11.2. The average Bonchev–Trinajstić information content (AvgIpc) is 3.03. The van der Waals surface area contributed by atoms with Gasteiger partial charge in [0.15, 0.2) is 0 Å². The number of hydrogen-bond acceptors (Lipinski definition) is 5. The summed E-state index contributed by atoms with van der Waals surface area (Å²) in [5.74, 6) is 0. The van der Waals surface area contributed by atoms with Crippen LogP contribution in [0.25, 0.3) is 0 Å². The molecular weight excluding hydrogens is 552 g/mol. The Morgan fingerprint density at radius 3 is 0.800 bits per heavy atom. The van der Waals surface area contributed by atoms with Crippen LogP contribution in [0.15, 0.2) is 0 Å². The zero-order valence-electron chi connectivity index (χ0n) is 32.8. The molecule has 0 amide bonds. The van der Waals surface area contributed by atoms with Crippen molar-refractivity contribution < 1.29 is 4.74 Å². The third kappa shape index (κ3) is 12.6. The molecule has 0 radical (unpaired) electrons. The van der Waals surface area contributed by atoms with E-state index in [1.54, 1.807) is 0 Å². The minimum atomic E-state index is -0.545. The van der Waals surface area contributed by atoms with Crippen LogP contribution in [-0.2, 0) is 4.74 Å². The summed E-state index contributed by atoms with van der Waals surface area (Å²) >= 11 is 0. The molecule has 2 atom stereocenters. The van der Waals surface area contributed by atoms with E-state index >= 15 is 0 Å². The Bertz CT molecular complexity index is 599. The van der Waals surface area contributed by atoms with Gasteiger partial charge in [-0.05, 0) is 90.4 Å². The van der Waals surface area contributed by atoms with Gasteiger partial charge in [0.1, 0.15) is 11.2 Å².